The molecule has 1 saturated heterocycles. The van der Waals surface area contributed by atoms with Crippen molar-refractivity contribution in [1.29, 1.82) is 0 Å². The molecule has 2 aromatic carbocycles. The quantitative estimate of drug-likeness (QED) is 0.534. The Hall–Kier alpha value is -2.74. The van der Waals surface area contributed by atoms with Gasteiger partial charge in [-0.15, -0.1) is 0 Å². The van der Waals surface area contributed by atoms with Gasteiger partial charge in [0.15, 0.2) is 0 Å². The molecule has 1 fully saturated rings. The topological polar surface area (TPSA) is 116 Å². The second-order valence-electron chi connectivity index (χ2n) is 8.15. The molecule has 0 aliphatic carbocycles. The minimum atomic E-state index is -4.09. The summed E-state index contributed by atoms with van der Waals surface area (Å²) in [6, 6.07) is 8.87. The summed E-state index contributed by atoms with van der Waals surface area (Å²) in [7, 11) is -3.97. The van der Waals surface area contributed by atoms with Gasteiger partial charge in [-0.3, -0.25) is 4.79 Å². The number of halogens is 1. The highest BCUT2D eigenvalue weighted by Crippen LogP contribution is 2.31. The third-order valence-corrected chi connectivity index (χ3v) is 9.26. The molecule has 1 amide bonds. The van der Waals surface area contributed by atoms with E-state index in [2.05, 4.69) is 5.32 Å². The maximum Gasteiger partial charge on any atom is 0.304 e. The Morgan fingerprint density at radius 3 is 2.23 bits per heavy atom. The van der Waals surface area contributed by atoms with E-state index in [1.54, 1.807) is 0 Å². The van der Waals surface area contributed by atoms with Gasteiger partial charge in [0.1, 0.15) is 23.0 Å². The Balaban J connectivity index is 1.88. The SMILES string of the molecule is COc1ccc(NC(=O)CN(c2ccc(F)cc2)S(=O)(=O)N(C)C)cc1S(=O)(=O)N1CCCCC1. The molecule has 35 heavy (non-hydrogen) atoms. The number of hydrogen-bond acceptors (Lipinski definition) is 6. The highest BCUT2D eigenvalue weighted by atomic mass is 32.2. The second kappa shape index (κ2) is 10.9. The van der Waals surface area contributed by atoms with Gasteiger partial charge in [0.2, 0.25) is 15.9 Å². The van der Waals surface area contributed by atoms with Gasteiger partial charge < -0.3 is 10.1 Å². The minimum absolute atomic E-state index is 0.0870. The van der Waals surface area contributed by atoms with Crippen molar-refractivity contribution in [2.45, 2.75) is 24.2 Å². The van der Waals surface area contributed by atoms with Crippen molar-refractivity contribution in [3.05, 3.63) is 48.3 Å². The van der Waals surface area contributed by atoms with Crippen LogP contribution in [-0.2, 0) is 25.0 Å². The average Bonchev–Trinajstić information content (AvgIpc) is 2.83. The molecule has 192 valence electrons. The lowest BCUT2D eigenvalue weighted by Crippen LogP contribution is -2.44. The number of ether oxygens (including phenoxy) is 1. The van der Waals surface area contributed by atoms with Crippen LogP contribution < -0.4 is 14.4 Å². The number of nitrogens with one attached hydrogen (secondary N) is 1. The van der Waals surface area contributed by atoms with Crippen LogP contribution in [0, 0.1) is 5.82 Å². The molecule has 1 heterocycles. The lowest BCUT2D eigenvalue weighted by atomic mass is 10.2. The van der Waals surface area contributed by atoms with E-state index >= 15 is 0 Å². The molecule has 0 atom stereocenters. The molecular weight excluding hydrogens is 499 g/mol. The molecule has 0 bridgehead atoms. The molecular formula is C22H29FN4O6S2. The van der Waals surface area contributed by atoms with E-state index in [1.807, 2.05) is 0 Å². The standard InChI is InChI=1S/C22H29FN4O6S2/c1-25(2)35(31,32)27(19-10-7-17(23)8-11-19)16-22(28)24-18-9-12-20(33-3)21(15-18)34(29,30)26-13-5-4-6-14-26/h7-12,15H,4-6,13-14,16H2,1-3H3,(H,24,28). The number of amides is 1. The van der Waals surface area contributed by atoms with Crippen LogP contribution >= 0.6 is 0 Å². The van der Waals surface area contributed by atoms with Crippen LogP contribution in [0.1, 0.15) is 19.3 Å². The van der Waals surface area contributed by atoms with Crippen LogP contribution in [0.5, 0.6) is 5.75 Å². The van der Waals surface area contributed by atoms with Crippen LogP contribution in [0.25, 0.3) is 0 Å². The number of hydrogen-bond donors (Lipinski definition) is 1. The monoisotopic (exact) mass is 528 g/mol. The summed E-state index contributed by atoms with van der Waals surface area (Å²) in [6.07, 6.45) is 2.48. The number of benzene rings is 2. The molecule has 0 unspecified atom stereocenters. The zero-order valence-corrected chi connectivity index (χ0v) is 21.4. The van der Waals surface area contributed by atoms with Crippen molar-refractivity contribution in [1.82, 2.24) is 8.61 Å². The lowest BCUT2D eigenvalue weighted by Gasteiger charge is -2.27. The Labute approximate surface area is 205 Å². The predicted octanol–water partition coefficient (Wildman–Crippen LogP) is 2.26. The van der Waals surface area contributed by atoms with E-state index in [1.165, 1.54) is 55.8 Å². The third kappa shape index (κ3) is 6.10. The molecule has 1 aliphatic heterocycles. The predicted molar refractivity (Wildman–Crippen MR) is 131 cm³/mol. The number of anilines is 2. The Bertz CT molecular complexity index is 1260. The minimum Gasteiger partial charge on any atom is -0.495 e. The van der Waals surface area contributed by atoms with E-state index < -0.39 is 38.5 Å². The van der Waals surface area contributed by atoms with Crippen molar-refractivity contribution in [2.24, 2.45) is 0 Å². The molecule has 2 aromatic rings. The van der Waals surface area contributed by atoms with Gasteiger partial charge >= 0.3 is 10.2 Å². The largest absolute Gasteiger partial charge is 0.495 e. The summed E-state index contributed by atoms with van der Waals surface area (Å²) in [5.41, 5.74) is 0.256. The van der Waals surface area contributed by atoms with Gasteiger partial charge in [0, 0.05) is 32.9 Å². The Morgan fingerprint density at radius 2 is 1.66 bits per heavy atom. The van der Waals surface area contributed by atoms with Crippen molar-refractivity contribution in [2.75, 3.05) is 50.5 Å². The molecule has 0 saturated carbocycles. The summed E-state index contributed by atoms with van der Waals surface area (Å²) in [4.78, 5) is 12.8. The van der Waals surface area contributed by atoms with Crippen LogP contribution in [0.3, 0.4) is 0 Å². The van der Waals surface area contributed by atoms with E-state index in [4.69, 9.17) is 4.74 Å². The molecule has 0 radical (unpaired) electrons. The van der Waals surface area contributed by atoms with E-state index in [9.17, 15) is 26.0 Å². The summed E-state index contributed by atoms with van der Waals surface area (Å²) >= 11 is 0. The summed E-state index contributed by atoms with van der Waals surface area (Å²) in [5, 5.41) is 2.56. The molecule has 1 N–H and O–H groups in total. The Morgan fingerprint density at radius 1 is 1.03 bits per heavy atom. The Kier molecular flexibility index (Phi) is 8.36. The maximum absolute atomic E-state index is 13.4. The average molecular weight is 529 g/mol. The molecule has 0 spiro atoms. The number of rotatable bonds is 9. The fraction of sp³-hybridized carbons (Fsp3) is 0.409. The van der Waals surface area contributed by atoms with Crippen LogP contribution in [0.2, 0.25) is 0 Å². The highest BCUT2D eigenvalue weighted by Gasteiger charge is 2.30. The van der Waals surface area contributed by atoms with Crippen LogP contribution in [0.4, 0.5) is 15.8 Å². The number of carbonyl (C=O) groups excluding carboxylic acids is 1. The number of methoxy groups -OCH3 is 1. The van der Waals surface area contributed by atoms with E-state index in [0.29, 0.717) is 13.1 Å². The van der Waals surface area contributed by atoms with Gasteiger partial charge in [-0.05, 0) is 55.3 Å². The van der Waals surface area contributed by atoms with Crippen molar-refractivity contribution in [3.8, 4) is 5.75 Å². The maximum atomic E-state index is 13.4. The van der Waals surface area contributed by atoms with Gasteiger partial charge in [-0.25, -0.2) is 17.1 Å². The van der Waals surface area contributed by atoms with Crippen molar-refractivity contribution >= 4 is 37.5 Å². The zero-order valence-electron chi connectivity index (χ0n) is 19.8. The highest BCUT2D eigenvalue weighted by molar-refractivity contribution is 7.90. The first kappa shape index (κ1) is 26.9. The first-order valence-corrected chi connectivity index (χ1v) is 13.7. The fourth-order valence-corrected chi connectivity index (χ4v) is 6.40. The summed E-state index contributed by atoms with van der Waals surface area (Å²) < 4.78 is 73.8. The van der Waals surface area contributed by atoms with Crippen molar-refractivity contribution < 1.29 is 30.8 Å². The first-order valence-electron chi connectivity index (χ1n) is 10.9. The fourth-order valence-electron chi connectivity index (χ4n) is 3.64. The lowest BCUT2D eigenvalue weighted by molar-refractivity contribution is -0.114. The number of piperidine rings is 1. The zero-order chi connectivity index (χ0) is 25.8. The van der Waals surface area contributed by atoms with Gasteiger partial charge in [-0.1, -0.05) is 6.42 Å². The molecule has 1 aliphatic rings. The molecule has 0 aromatic heterocycles. The van der Waals surface area contributed by atoms with Crippen LogP contribution in [-0.4, -0.2) is 72.2 Å². The molecule has 10 nitrogen and oxygen atoms in total. The molecule has 3 rings (SSSR count). The van der Waals surface area contributed by atoms with Gasteiger partial charge in [-0.2, -0.15) is 17.0 Å². The summed E-state index contributed by atoms with van der Waals surface area (Å²) in [6.45, 7) is 0.181. The van der Waals surface area contributed by atoms with Crippen LogP contribution in [0.15, 0.2) is 47.4 Å². The van der Waals surface area contributed by atoms with E-state index in [0.717, 1.165) is 40.0 Å². The second-order valence-corrected chi connectivity index (χ2v) is 12.1. The van der Waals surface area contributed by atoms with E-state index in [-0.39, 0.29) is 22.0 Å². The van der Waals surface area contributed by atoms with Gasteiger partial charge in [0.25, 0.3) is 0 Å². The normalized spacial score (nSPS) is 15.1. The number of nitrogens with zero attached hydrogens (tertiary/aromatic N) is 3. The van der Waals surface area contributed by atoms with Crippen molar-refractivity contribution in [3.63, 3.8) is 0 Å². The first-order chi connectivity index (χ1) is 16.5. The third-order valence-electron chi connectivity index (χ3n) is 5.52. The molecule has 13 heteroatoms. The number of carbonyl (C=O) groups is 1. The van der Waals surface area contributed by atoms with Gasteiger partial charge in [0.05, 0.1) is 12.8 Å². The summed E-state index contributed by atoms with van der Waals surface area (Å²) in [5.74, 6) is -1.14. The smallest absolute Gasteiger partial charge is 0.304 e. The number of sulfonamides is 1.